The van der Waals surface area contributed by atoms with Crippen LogP contribution in [-0.2, 0) is 11.8 Å². The lowest BCUT2D eigenvalue weighted by Crippen LogP contribution is -2.47. The average molecular weight is 332 g/mol. The number of primary amides is 1. The lowest BCUT2D eigenvalue weighted by atomic mass is 10.1. The Hall–Kier alpha value is -2.90. The van der Waals surface area contributed by atoms with Gasteiger partial charge in [-0.15, -0.1) is 0 Å². The van der Waals surface area contributed by atoms with Gasteiger partial charge in [-0.1, -0.05) is 6.07 Å². The van der Waals surface area contributed by atoms with Crippen molar-refractivity contribution >= 4 is 17.5 Å². The molecular weight excluding hydrogens is 315 g/mol. The fourth-order valence-corrected chi connectivity index (χ4v) is 2.75. The van der Waals surface area contributed by atoms with E-state index in [0.29, 0.717) is 25.1 Å². The third-order valence-corrected chi connectivity index (χ3v) is 3.88. The first-order valence-corrected chi connectivity index (χ1v) is 7.52. The summed E-state index contributed by atoms with van der Waals surface area (Å²) < 4.78 is 21.1. The van der Waals surface area contributed by atoms with E-state index in [1.165, 1.54) is 12.1 Å². The molecule has 0 radical (unpaired) electrons. The van der Waals surface area contributed by atoms with E-state index in [4.69, 9.17) is 10.5 Å². The van der Waals surface area contributed by atoms with Gasteiger partial charge in [0.05, 0.1) is 11.9 Å². The van der Waals surface area contributed by atoms with E-state index in [2.05, 4.69) is 5.10 Å². The number of rotatable bonds is 4. The summed E-state index contributed by atoms with van der Waals surface area (Å²) in [6, 6.07) is 3.96. The minimum absolute atomic E-state index is 0.0195. The highest BCUT2D eigenvalue weighted by Gasteiger charge is 2.33. The average Bonchev–Trinajstić information content (AvgIpc) is 2.95. The lowest BCUT2D eigenvalue weighted by Gasteiger charge is -2.31. The van der Waals surface area contributed by atoms with Gasteiger partial charge in [0, 0.05) is 19.8 Å². The molecule has 0 saturated carbocycles. The number of ether oxygens (including phenoxy) is 1. The quantitative estimate of drug-likeness (QED) is 0.912. The molecule has 7 nitrogen and oxygen atoms in total. The number of carbonyl (C=O) groups excluding carboxylic acids is 2. The van der Waals surface area contributed by atoms with Crippen molar-refractivity contribution in [3.05, 3.63) is 42.0 Å². The zero-order valence-corrected chi connectivity index (χ0v) is 13.1. The number of nitrogens with zero attached hydrogens (tertiary/aromatic N) is 3. The van der Waals surface area contributed by atoms with Gasteiger partial charge >= 0.3 is 0 Å². The number of benzene rings is 1. The maximum atomic E-state index is 13.8. The zero-order chi connectivity index (χ0) is 17.3. The highest BCUT2D eigenvalue weighted by atomic mass is 19.1. The van der Waals surface area contributed by atoms with E-state index in [1.54, 1.807) is 29.0 Å². The van der Waals surface area contributed by atoms with Crippen LogP contribution in [0.3, 0.4) is 0 Å². The standard InChI is InChI=1S/C16H17FN4O3/c1-20-9-10(8-19-20)21-7-3-6-13(16(21)23)24-12-5-2-4-11(17)14(12)15(18)22/h2,4-5,8-9,13H,3,6-7H2,1H3,(H2,18,22)/t13-/m1/s1. The van der Waals surface area contributed by atoms with Crippen molar-refractivity contribution in [2.45, 2.75) is 18.9 Å². The molecule has 8 heteroatoms. The SMILES string of the molecule is Cn1cc(N2CCC[C@@H](Oc3cccc(F)c3C(N)=O)C2=O)cn1. The Morgan fingerprint density at radius 3 is 2.92 bits per heavy atom. The molecular formula is C16H17FN4O3. The minimum atomic E-state index is -0.935. The molecule has 0 spiro atoms. The molecule has 0 aliphatic carbocycles. The largest absolute Gasteiger partial charge is 0.480 e. The number of carbonyl (C=O) groups is 2. The topological polar surface area (TPSA) is 90.5 Å². The van der Waals surface area contributed by atoms with Crippen molar-refractivity contribution in [1.82, 2.24) is 9.78 Å². The number of hydrogen-bond acceptors (Lipinski definition) is 4. The highest BCUT2D eigenvalue weighted by Crippen LogP contribution is 2.27. The van der Waals surface area contributed by atoms with Gasteiger partial charge in [-0.2, -0.15) is 5.10 Å². The summed E-state index contributed by atoms with van der Waals surface area (Å²) in [5.74, 6) is -1.98. The Kier molecular flexibility index (Phi) is 4.20. The van der Waals surface area contributed by atoms with Crippen LogP contribution in [0.5, 0.6) is 5.75 Å². The number of piperidine rings is 1. The third-order valence-electron chi connectivity index (χ3n) is 3.88. The summed E-state index contributed by atoms with van der Waals surface area (Å²) in [4.78, 5) is 25.7. The van der Waals surface area contributed by atoms with Gasteiger partial charge in [0.1, 0.15) is 17.1 Å². The van der Waals surface area contributed by atoms with Crippen LogP contribution >= 0.6 is 0 Å². The molecule has 1 aliphatic heterocycles. The van der Waals surface area contributed by atoms with Crippen LogP contribution in [0.2, 0.25) is 0 Å². The molecule has 2 heterocycles. The van der Waals surface area contributed by atoms with Gasteiger partial charge in [0.15, 0.2) is 6.10 Å². The van der Waals surface area contributed by atoms with Crippen molar-refractivity contribution in [2.24, 2.45) is 12.8 Å². The minimum Gasteiger partial charge on any atom is -0.480 e. The smallest absolute Gasteiger partial charge is 0.268 e. The number of aromatic nitrogens is 2. The van der Waals surface area contributed by atoms with E-state index in [0.717, 1.165) is 6.07 Å². The molecule has 1 atom stereocenters. The Balaban J connectivity index is 1.84. The second-order valence-corrected chi connectivity index (χ2v) is 5.59. The van der Waals surface area contributed by atoms with Crippen molar-refractivity contribution in [3.63, 3.8) is 0 Å². The molecule has 2 aromatic rings. The summed E-state index contributed by atoms with van der Waals surface area (Å²) in [7, 11) is 1.76. The van der Waals surface area contributed by atoms with Crippen LogP contribution in [0.25, 0.3) is 0 Å². The normalized spacial score (nSPS) is 17.8. The number of amides is 2. The van der Waals surface area contributed by atoms with Gasteiger partial charge in [0.25, 0.3) is 11.8 Å². The number of halogens is 1. The van der Waals surface area contributed by atoms with Crippen molar-refractivity contribution in [1.29, 1.82) is 0 Å². The molecule has 1 saturated heterocycles. The molecule has 1 fully saturated rings. The summed E-state index contributed by atoms with van der Waals surface area (Å²) in [5, 5.41) is 4.06. The summed E-state index contributed by atoms with van der Waals surface area (Å²) in [6.07, 6.45) is 3.71. The first-order valence-electron chi connectivity index (χ1n) is 7.52. The van der Waals surface area contributed by atoms with Crippen LogP contribution in [0.15, 0.2) is 30.6 Å². The van der Waals surface area contributed by atoms with E-state index in [-0.39, 0.29) is 17.2 Å². The molecule has 1 aliphatic rings. The van der Waals surface area contributed by atoms with Crippen LogP contribution in [-0.4, -0.2) is 34.2 Å². The van der Waals surface area contributed by atoms with Gasteiger partial charge in [-0.3, -0.25) is 14.3 Å². The van der Waals surface area contributed by atoms with Crippen LogP contribution in [0.1, 0.15) is 23.2 Å². The fourth-order valence-electron chi connectivity index (χ4n) is 2.75. The highest BCUT2D eigenvalue weighted by molar-refractivity contribution is 5.98. The molecule has 2 N–H and O–H groups in total. The Bertz CT molecular complexity index is 789. The zero-order valence-electron chi connectivity index (χ0n) is 13.1. The Labute approximate surface area is 137 Å². The summed E-state index contributed by atoms with van der Waals surface area (Å²) in [6.45, 7) is 0.552. The van der Waals surface area contributed by atoms with Gasteiger partial charge in [-0.05, 0) is 25.0 Å². The number of anilines is 1. The van der Waals surface area contributed by atoms with E-state index in [9.17, 15) is 14.0 Å². The maximum absolute atomic E-state index is 13.8. The first kappa shape index (κ1) is 16.0. The molecule has 1 aromatic carbocycles. The van der Waals surface area contributed by atoms with Crippen LogP contribution < -0.4 is 15.4 Å². The number of nitrogens with two attached hydrogens (primary N) is 1. The first-order chi connectivity index (χ1) is 11.5. The second kappa shape index (κ2) is 6.31. The summed E-state index contributed by atoms with van der Waals surface area (Å²) in [5.41, 5.74) is 5.54. The van der Waals surface area contributed by atoms with E-state index < -0.39 is 17.8 Å². The monoisotopic (exact) mass is 332 g/mol. The molecule has 3 rings (SSSR count). The van der Waals surface area contributed by atoms with Crippen molar-refractivity contribution < 1.29 is 18.7 Å². The van der Waals surface area contributed by atoms with Gasteiger partial charge in [-0.25, -0.2) is 4.39 Å². The molecule has 0 bridgehead atoms. The Morgan fingerprint density at radius 1 is 1.46 bits per heavy atom. The second-order valence-electron chi connectivity index (χ2n) is 5.59. The lowest BCUT2D eigenvalue weighted by molar-refractivity contribution is -0.127. The maximum Gasteiger partial charge on any atom is 0.268 e. The summed E-state index contributed by atoms with van der Waals surface area (Å²) >= 11 is 0. The number of hydrogen-bond donors (Lipinski definition) is 1. The predicted octanol–water partition coefficient (Wildman–Crippen LogP) is 1.23. The molecule has 126 valence electrons. The molecule has 2 amide bonds. The number of aryl methyl sites for hydroxylation is 1. The molecule has 24 heavy (non-hydrogen) atoms. The van der Waals surface area contributed by atoms with E-state index >= 15 is 0 Å². The van der Waals surface area contributed by atoms with Crippen molar-refractivity contribution in [3.8, 4) is 5.75 Å². The van der Waals surface area contributed by atoms with Gasteiger partial charge < -0.3 is 15.4 Å². The van der Waals surface area contributed by atoms with Crippen LogP contribution in [0, 0.1) is 5.82 Å². The van der Waals surface area contributed by atoms with Crippen molar-refractivity contribution in [2.75, 3.05) is 11.4 Å². The van der Waals surface area contributed by atoms with Gasteiger partial charge in [0.2, 0.25) is 0 Å². The molecule has 1 aromatic heterocycles. The van der Waals surface area contributed by atoms with Crippen LogP contribution in [0.4, 0.5) is 10.1 Å². The third kappa shape index (κ3) is 2.94. The van der Waals surface area contributed by atoms with E-state index in [1.807, 2.05) is 0 Å². The Morgan fingerprint density at radius 2 is 2.25 bits per heavy atom. The predicted molar refractivity (Wildman–Crippen MR) is 84.1 cm³/mol. The molecule has 0 unspecified atom stereocenters. The fraction of sp³-hybridized carbons (Fsp3) is 0.312.